The smallest absolute Gasteiger partial charge is 0.331 e. The molecule has 1 fully saturated rings. The number of esters is 1. The normalized spacial score (nSPS) is 16.8. The van der Waals surface area contributed by atoms with E-state index in [1.54, 1.807) is 24.8 Å². The van der Waals surface area contributed by atoms with Gasteiger partial charge < -0.3 is 15.0 Å². The van der Waals surface area contributed by atoms with Crippen LogP contribution in [0.15, 0.2) is 30.3 Å². The third kappa shape index (κ3) is 4.47. The van der Waals surface area contributed by atoms with Gasteiger partial charge in [0, 0.05) is 24.7 Å². The fraction of sp³-hybridized carbons (Fsp3) is 0.421. The van der Waals surface area contributed by atoms with Crippen LogP contribution in [0.4, 0.5) is 5.69 Å². The second kappa shape index (κ2) is 7.96. The number of ether oxygens (including phenoxy) is 1. The van der Waals surface area contributed by atoms with Crippen LogP contribution >= 0.6 is 0 Å². The minimum atomic E-state index is -1.05. The SMILES string of the molecule is CC[C@](C)(NC(=O)/C=C\c1ccc(N2CCCC2=O)cc1)C(=O)OC. The first-order chi connectivity index (χ1) is 11.9. The fourth-order valence-electron chi connectivity index (χ4n) is 2.68. The van der Waals surface area contributed by atoms with E-state index in [4.69, 9.17) is 4.74 Å². The minimum absolute atomic E-state index is 0.143. The van der Waals surface area contributed by atoms with E-state index in [9.17, 15) is 14.4 Å². The Morgan fingerprint density at radius 1 is 1.32 bits per heavy atom. The molecule has 1 saturated heterocycles. The second-order valence-corrected chi connectivity index (χ2v) is 6.24. The summed E-state index contributed by atoms with van der Waals surface area (Å²) in [7, 11) is 1.30. The van der Waals surface area contributed by atoms with Gasteiger partial charge in [-0.05, 0) is 43.5 Å². The first-order valence-corrected chi connectivity index (χ1v) is 8.38. The minimum Gasteiger partial charge on any atom is -0.467 e. The maximum atomic E-state index is 12.1. The summed E-state index contributed by atoms with van der Waals surface area (Å²) in [6.45, 7) is 4.19. The zero-order valence-corrected chi connectivity index (χ0v) is 14.9. The highest BCUT2D eigenvalue weighted by Gasteiger charge is 2.33. The van der Waals surface area contributed by atoms with Gasteiger partial charge in [-0.15, -0.1) is 0 Å². The molecular weight excluding hydrogens is 320 g/mol. The van der Waals surface area contributed by atoms with Crippen molar-refractivity contribution in [2.75, 3.05) is 18.6 Å². The molecule has 0 spiro atoms. The van der Waals surface area contributed by atoms with Crippen LogP contribution in [0.3, 0.4) is 0 Å². The summed E-state index contributed by atoms with van der Waals surface area (Å²) in [6, 6.07) is 7.44. The summed E-state index contributed by atoms with van der Waals surface area (Å²) >= 11 is 0. The van der Waals surface area contributed by atoms with E-state index < -0.39 is 11.5 Å². The number of rotatable bonds is 6. The average molecular weight is 344 g/mol. The molecule has 0 aliphatic carbocycles. The molecular formula is C19H24N2O4. The number of hydrogen-bond acceptors (Lipinski definition) is 4. The molecule has 1 N–H and O–H groups in total. The Kier molecular flexibility index (Phi) is 5.96. The van der Waals surface area contributed by atoms with Gasteiger partial charge >= 0.3 is 5.97 Å². The summed E-state index contributed by atoms with van der Waals surface area (Å²) in [5, 5.41) is 2.67. The first-order valence-electron chi connectivity index (χ1n) is 8.38. The maximum Gasteiger partial charge on any atom is 0.331 e. The molecule has 1 heterocycles. The van der Waals surface area contributed by atoms with Crippen molar-refractivity contribution in [1.29, 1.82) is 0 Å². The van der Waals surface area contributed by atoms with Crippen molar-refractivity contribution in [1.82, 2.24) is 5.32 Å². The Morgan fingerprint density at radius 2 is 2.00 bits per heavy atom. The third-order valence-electron chi connectivity index (χ3n) is 4.45. The Hall–Kier alpha value is -2.63. The van der Waals surface area contributed by atoms with Gasteiger partial charge in [0.05, 0.1) is 7.11 Å². The largest absolute Gasteiger partial charge is 0.467 e. The summed E-state index contributed by atoms with van der Waals surface area (Å²) in [6.07, 6.45) is 4.96. The molecule has 1 aliphatic rings. The summed E-state index contributed by atoms with van der Waals surface area (Å²) in [5.41, 5.74) is 0.658. The number of methoxy groups -OCH3 is 1. The number of anilines is 1. The topological polar surface area (TPSA) is 75.7 Å². The molecule has 0 unspecified atom stereocenters. The van der Waals surface area contributed by atoms with E-state index in [0.29, 0.717) is 12.8 Å². The van der Waals surface area contributed by atoms with Gasteiger partial charge in [0.25, 0.3) is 0 Å². The van der Waals surface area contributed by atoms with E-state index in [2.05, 4.69) is 5.32 Å². The van der Waals surface area contributed by atoms with Crippen LogP contribution < -0.4 is 10.2 Å². The lowest BCUT2D eigenvalue weighted by atomic mass is 9.99. The Balaban J connectivity index is 2.00. The standard InChI is InChI=1S/C19H24N2O4/c1-4-19(2,18(24)25-3)20-16(22)12-9-14-7-10-15(11-8-14)21-13-5-6-17(21)23/h7-12H,4-6,13H2,1-3H3,(H,20,22)/b12-9-/t19-/m0/s1. The van der Waals surface area contributed by atoms with Gasteiger partial charge in [0.2, 0.25) is 11.8 Å². The van der Waals surface area contributed by atoms with Crippen molar-refractivity contribution in [2.24, 2.45) is 0 Å². The Morgan fingerprint density at radius 3 is 2.52 bits per heavy atom. The van der Waals surface area contributed by atoms with Crippen LogP contribution in [0, 0.1) is 0 Å². The molecule has 1 aromatic rings. The molecule has 1 aliphatic heterocycles. The Bertz CT molecular complexity index is 681. The highest BCUT2D eigenvalue weighted by atomic mass is 16.5. The molecule has 1 atom stereocenters. The predicted molar refractivity (Wildman–Crippen MR) is 95.9 cm³/mol. The fourth-order valence-corrected chi connectivity index (χ4v) is 2.68. The molecule has 2 rings (SSSR count). The van der Waals surface area contributed by atoms with Crippen LogP contribution in [0.5, 0.6) is 0 Å². The summed E-state index contributed by atoms with van der Waals surface area (Å²) in [4.78, 5) is 37.3. The number of carbonyl (C=O) groups is 3. The zero-order chi connectivity index (χ0) is 18.4. The van der Waals surface area contributed by atoms with Gasteiger partial charge in [-0.25, -0.2) is 4.79 Å². The molecule has 1 aromatic carbocycles. The highest BCUT2D eigenvalue weighted by Crippen LogP contribution is 2.22. The molecule has 0 saturated carbocycles. The quantitative estimate of drug-likeness (QED) is 0.634. The van der Waals surface area contributed by atoms with Crippen LogP contribution in [0.1, 0.15) is 38.7 Å². The highest BCUT2D eigenvalue weighted by molar-refractivity contribution is 5.97. The van der Waals surface area contributed by atoms with Crippen molar-refractivity contribution in [2.45, 2.75) is 38.6 Å². The van der Waals surface area contributed by atoms with Gasteiger partial charge in [0.1, 0.15) is 5.54 Å². The number of nitrogens with zero attached hydrogens (tertiary/aromatic N) is 1. The van der Waals surface area contributed by atoms with Crippen molar-refractivity contribution in [3.05, 3.63) is 35.9 Å². The van der Waals surface area contributed by atoms with E-state index in [0.717, 1.165) is 24.2 Å². The summed E-state index contributed by atoms with van der Waals surface area (Å²) < 4.78 is 4.73. The van der Waals surface area contributed by atoms with Gasteiger partial charge in [-0.3, -0.25) is 9.59 Å². The number of benzene rings is 1. The van der Waals surface area contributed by atoms with Gasteiger partial charge in [-0.1, -0.05) is 19.1 Å². The molecule has 134 valence electrons. The van der Waals surface area contributed by atoms with Crippen LogP contribution in [-0.2, 0) is 19.1 Å². The van der Waals surface area contributed by atoms with Crippen molar-refractivity contribution in [3.63, 3.8) is 0 Å². The maximum absolute atomic E-state index is 12.1. The van der Waals surface area contributed by atoms with Gasteiger partial charge in [0.15, 0.2) is 0 Å². The Labute approximate surface area is 147 Å². The van der Waals surface area contributed by atoms with E-state index in [1.165, 1.54) is 13.2 Å². The lowest BCUT2D eigenvalue weighted by Crippen LogP contribution is -2.51. The molecule has 25 heavy (non-hydrogen) atoms. The number of nitrogens with one attached hydrogen (secondary N) is 1. The molecule has 0 aromatic heterocycles. The first kappa shape index (κ1) is 18.7. The number of hydrogen-bond donors (Lipinski definition) is 1. The van der Waals surface area contributed by atoms with Crippen molar-refractivity contribution >= 4 is 29.5 Å². The monoisotopic (exact) mass is 344 g/mol. The molecule has 0 bridgehead atoms. The lowest BCUT2D eigenvalue weighted by Gasteiger charge is -2.25. The third-order valence-corrected chi connectivity index (χ3v) is 4.45. The molecule has 0 radical (unpaired) electrons. The average Bonchev–Trinajstić information content (AvgIpc) is 3.05. The molecule has 2 amide bonds. The van der Waals surface area contributed by atoms with E-state index >= 15 is 0 Å². The van der Waals surface area contributed by atoms with Crippen LogP contribution in [0.25, 0.3) is 6.08 Å². The lowest BCUT2D eigenvalue weighted by molar-refractivity contribution is -0.149. The second-order valence-electron chi connectivity index (χ2n) is 6.24. The molecule has 6 nitrogen and oxygen atoms in total. The van der Waals surface area contributed by atoms with Crippen molar-refractivity contribution in [3.8, 4) is 0 Å². The van der Waals surface area contributed by atoms with E-state index in [-0.39, 0.29) is 11.8 Å². The zero-order valence-electron chi connectivity index (χ0n) is 14.9. The summed E-state index contributed by atoms with van der Waals surface area (Å²) in [5.74, 6) is -0.700. The van der Waals surface area contributed by atoms with Crippen LogP contribution in [-0.4, -0.2) is 37.0 Å². The molecule has 6 heteroatoms. The predicted octanol–water partition coefficient (Wildman–Crippen LogP) is 2.28. The van der Waals surface area contributed by atoms with E-state index in [1.807, 2.05) is 24.3 Å². The number of carbonyl (C=O) groups excluding carboxylic acids is 3. The van der Waals surface area contributed by atoms with Crippen LogP contribution in [0.2, 0.25) is 0 Å². The van der Waals surface area contributed by atoms with Crippen molar-refractivity contribution < 1.29 is 19.1 Å². The number of amides is 2. The van der Waals surface area contributed by atoms with Gasteiger partial charge in [-0.2, -0.15) is 0 Å².